The molecule has 28 heavy (non-hydrogen) atoms. The molecule has 2 heterocycles. The fraction of sp³-hybridized carbons (Fsp3) is 0.300. The molecule has 0 aliphatic rings. The molecule has 2 aromatic heterocycles. The second-order valence-electron chi connectivity index (χ2n) is 7.79. The average molecular weight is 380 g/mol. The molecule has 4 N–H and O–H groups in total. The molecule has 0 fully saturated rings. The number of nitrogens with zero attached hydrogens (tertiary/aromatic N) is 4. The molecule has 0 saturated carbocycles. The van der Waals surface area contributed by atoms with Gasteiger partial charge in [0.2, 0.25) is 5.95 Å². The maximum absolute atomic E-state index is 12.4. The van der Waals surface area contributed by atoms with Crippen molar-refractivity contribution in [3.05, 3.63) is 36.2 Å². The summed E-state index contributed by atoms with van der Waals surface area (Å²) in [6.45, 7) is 6.01. The van der Waals surface area contributed by atoms with Crippen LogP contribution in [-0.4, -0.2) is 50.5 Å². The summed E-state index contributed by atoms with van der Waals surface area (Å²) in [5.74, 6) is 0.308. The minimum Gasteiger partial charge on any atom is -0.506 e. The normalized spacial score (nSPS) is 11.5. The molecule has 0 atom stereocenters. The fourth-order valence-corrected chi connectivity index (χ4v) is 2.81. The van der Waals surface area contributed by atoms with Crippen molar-refractivity contribution in [1.29, 1.82) is 0 Å². The second kappa shape index (κ2) is 6.95. The molecule has 0 aliphatic carbocycles. The molecule has 0 unspecified atom stereocenters. The van der Waals surface area contributed by atoms with Crippen LogP contribution in [0.3, 0.4) is 0 Å². The third-order valence-electron chi connectivity index (χ3n) is 4.10. The van der Waals surface area contributed by atoms with Crippen molar-refractivity contribution in [2.75, 3.05) is 25.1 Å². The third-order valence-corrected chi connectivity index (χ3v) is 4.10. The number of carbonyl (C=O) groups is 1. The first-order valence-corrected chi connectivity index (χ1v) is 8.82. The standard InChI is InChI=1S/C20H24N6O2/c1-20(2,3)25-19-23-10-14-15(24-19)13(9-22-17(14)21)11-7-6-8-12(16(11)27)18(28)26(4)5/h6-10,27H,1-5H3,(H2,21,22)(H,23,24,25). The minimum atomic E-state index is -0.295. The maximum atomic E-state index is 12.4. The Labute approximate surface area is 163 Å². The van der Waals surface area contributed by atoms with Gasteiger partial charge in [-0.25, -0.2) is 15.0 Å². The molecule has 1 amide bonds. The van der Waals surface area contributed by atoms with Gasteiger partial charge in [0, 0.05) is 43.2 Å². The Morgan fingerprint density at radius 1 is 1.14 bits per heavy atom. The van der Waals surface area contributed by atoms with Crippen molar-refractivity contribution in [2.45, 2.75) is 26.3 Å². The van der Waals surface area contributed by atoms with Crippen molar-refractivity contribution in [3.8, 4) is 16.9 Å². The molecule has 0 aliphatic heterocycles. The van der Waals surface area contributed by atoms with Gasteiger partial charge >= 0.3 is 0 Å². The van der Waals surface area contributed by atoms with E-state index in [2.05, 4.69) is 20.3 Å². The fourth-order valence-electron chi connectivity index (χ4n) is 2.81. The molecule has 8 heteroatoms. The predicted octanol–water partition coefficient (Wildman–Crippen LogP) is 2.89. The van der Waals surface area contributed by atoms with Crippen molar-refractivity contribution in [1.82, 2.24) is 19.9 Å². The SMILES string of the molecule is CN(C)C(=O)c1cccc(-c2cnc(N)c3cnc(NC(C)(C)C)nc23)c1O. The predicted molar refractivity (Wildman–Crippen MR) is 110 cm³/mol. The number of hydrogen-bond donors (Lipinski definition) is 3. The summed E-state index contributed by atoms with van der Waals surface area (Å²) in [6.07, 6.45) is 3.15. The van der Waals surface area contributed by atoms with Crippen LogP contribution in [0.4, 0.5) is 11.8 Å². The Morgan fingerprint density at radius 3 is 2.50 bits per heavy atom. The van der Waals surface area contributed by atoms with E-state index in [0.717, 1.165) is 0 Å². The van der Waals surface area contributed by atoms with Crippen molar-refractivity contribution in [2.24, 2.45) is 0 Å². The molecule has 1 aromatic carbocycles. The monoisotopic (exact) mass is 380 g/mol. The highest BCUT2D eigenvalue weighted by molar-refractivity contribution is 6.03. The zero-order valence-corrected chi connectivity index (χ0v) is 16.6. The van der Waals surface area contributed by atoms with E-state index < -0.39 is 0 Å². The van der Waals surface area contributed by atoms with Crippen LogP contribution in [0.15, 0.2) is 30.6 Å². The van der Waals surface area contributed by atoms with Gasteiger partial charge in [-0.1, -0.05) is 12.1 Å². The second-order valence-corrected chi connectivity index (χ2v) is 7.79. The number of nitrogens with two attached hydrogens (primary N) is 1. The van der Waals surface area contributed by atoms with E-state index in [4.69, 9.17) is 5.73 Å². The van der Waals surface area contributed by atoms with E-state index in [0.29, 0.717) is 33.8 Å². The van der Waals surface area contributed by atoms with Gasteiger partial charge in [0.15, 0.2) is 0 Å². The lowest BCUT2D eigenvalue weighted by Crippen LogP contribution is -2.27. The van der Waals surface area contributed by atoms with Crippen molar-refractivity contribution in [3.63, 3.8) is 0 Å². The number of para-hydroxylation sites is 1. The quantitative estimate of drug-likeness (QED) is 0.639. The largest absolute Gasteiger partial charge is 0.506 e. The zero-order valence-electron chi connectivity index (χ0n) is 16.6. The van der Waals surface area contributed by atoms with E-state index in [1.807, 2.05) is 20.8 Å². The number of aromatic hydroxyl groups is 1. The summed E-state index contributed by atoms with van der Waals surface area (Å²) in [7, 11) is 3.26. The number of anilines is 2. The van der Waals surface area contributed by atoms with E-state index in [9.17, 15) is 9.90 Å². The molecule has 3 rings (SSSR count). The average Bonchev–Trinajstić information content (AvgIpc) is 2.60. The summed E-state index contributed by atoms with van der Waals surface area (Å²) in [4.78, 5) is 26.9. The first-order chi connectivity index (χ1) is 13.1. The summed E-state index contributed by atoms with van der Waals surface area (Å²) in [5, 5.41) is 14.6. The number of pyridine rings is 1. The Balaban J connectivity index is 2.23. The minimum absolute atomic E-state index is 0.127. The lowest BCUT2D eigenvalue weighted by Gasteiger charge is -2.21. The summed E-state index contributed by atoms with van der Waals surface area (Å²) >= 11 is 0. The van der Waals surface area contributed by atoms with E-state index in [1.165, 1.54) is 4.90 Å². The van der Waals surface area contributed by atoms with Gasteiger partial charge < -0.3 is 21.1 Å². The highest BCUT2D eigenvalue weighted by Gasteiger charge is 2.20. The van der Waals surface area contributed by atoms with Crippen molar-refractivity contribution < 1.29 is 9.90 Å². The van der Waals surface area contributed by atoms with Crippen LogP contribution in [0.25, 0.3) is 22.0 Å². The smallest absolute Gasteiger partial charge is 0.257 e. The lowest BCUT2D eigenvalue weighted by molar-refractivity contribution is 0.0824. The molecular weight excluding hydrogens is 356 g/mol. The summed E-state index contributed by atoms with van der Waals surface area (Å²) in [6, 6.07) is 5.01. The highest BCUT2D eigenvalue weighted by atomic mass is 16.3. The zero-order chi connectivity index (χ0) is 20.6. The first-order valence-electron chi connectivity index (χ1n) is 8.82. The number of nitrogen functional groups attached to an aromatic ring is 1. The number of benzene rings is 1. The highest BCUT2D eigenvalue weighted by Crippen LogP contribution is 2.37. The number of phenols is 1. The number of fused-ring (bicyclic) bond motifs is 1. The molecule has 0 saturated heterocycles. The van der Waals surface area contributed by atoms with Crippen LogP contribution in [0.1, 0.15) is 31.1 Å². The van der Waals surface area contributed by atoms with Gasteiger partial charge in [0.05, 0.1) is 16.5 Å². The maximum Gasteiger partial charge on any atom is 0.257 e. The number of aromatic nitrogens is 3. The number of carbonyl (C=O) groups excluding carboxylic acids is 1. The number of amides is 1. The number of rotatable bonds is 3. The summed E-state index contributed by atoms with van der Waals surface area (Å²) < 4.78 is 0. The Kier molecular flexibility index (Phi) is 4.80. The topological polar surface area (TPSA) is 117 Å². The van der Waals surface area contributed by atoms with Gasteiger partial charge in [-0.3, -0.25) is 4.79 Å². The van der Waals surface area contributed by atoms with Crippen LogP contribution >= 0.6 is 0 Å². The Morgan fingerprint density at radius 2 is 1.86 bits per heavy atom. The van der Waals surface area contributed by atoms with Crippen LogP contribution in [0.2, 0.25) is 0 Å². The third kappa shape index (κ3) is 3.66. The number of nitrogens with one attached hydrogen (secondary N) is 1. The Bertz CT molecular complexity index is 1060. The summed E-state index contributed by atoms with van der Waals surface area (Å²) in [5.41, 5.74) is 7.53. The molecule has 0 radical (unpaired) electrons. The molecule has 0 bridgehead atoms. The molecule has 146 valence electrons. The number of hydrogen-bond acceptors (Lipinski definition) is 7. The molecule has 3 aromatic rings. The van der Waals surface area contributed by atoms with Gasteiger partial charge in [-0.15, -0.1) is 0 Å². The van der Waals surface area contributed by atoms with Crippen molar-refractivity contribution >= 4 is 28.6 Å². The van der Waals surface area contributed by atoms with Gasteiger partial charge in [-0.2, -0.15) is 0 Å². The van der Waals surface area contributed by atoms with Gasteiger partial charge in [0.25, 0.3) is 5.91 Å². The van der Waals surface area contributed by atoms with Crippen LogP contribution in [-0.2, 0) is 0 Å². The Hall–Kier alpha value is -3.42. The molecule has 0 spiro atoms. The van der Waals surface area contributed by atoms with E-state index in [-0.39, 0.29) is 22.8 Å². The van der Waals surface area contributed by atoms with Gasteiger partial charge in [-0.05, 0) is 26.8 Å². The van der Waals surface area contributed by atoms with E-state index in [1.54, 1.807) is 44.7 Å². The van der Waals surface area contributed by atoms with Crippen LogP contribution in [0, 0.1) is 0 Å². The first kappa shape index (κ1) is 19.3. The lowest BCUT2D eigenvalue weighted by atomic mass is 10.00. The van der Waals surface area contributed by atoms with Crippen LogP contribution < -0.4 is 11.1 Å². The molecule has 8 nitrogen and oxygen atoms in total. The molecular formula is C20H24N6O2. The van der Waals surface area contributed by atoms with E-state index >= 15 is 0 Å². The number of phenolic OH excluding ortho intramolecular Hbond substituents is 1. The van der Waals surface area contributed by atoms with Gasteiger partial charge in [0.1, 0.15) is 11.6 Å². The van der Waals surface area contributed by atoms with Crippen LogP contribution in [0.5, 0.6) is 5.75 Å².